The number of nitrogens with one attached hydrogen (secondary N) is 1. The SMILES string of the molecule is Cc1nn(C)c2c1NC(=O)C1CCCCCN21. The van der Waals surface area contributed by atoms with Crippen molar-refractivity contribution in [2.45, 2.75) is 38.6 Å². The van der Waals surface area contributed by atoms with Crippen molar-refractivity contribution in [1.29, 1.82) is 0 Å². The van der Waals surface area contributed by atoms with Gasteiger partial charge in [-0.3, -0.25) is 9.48 Å². The normalized spacial score (nSPS) is 23.8. The molecule has 1 unspecified atom stereocenters. The van der Waals surface area contributed by atoms with Crippen molar-refractivity contribution in [2.75, 3.05) is 16.8 Å². The molecule has 0 saturated carbocycles. The van der Waals surface area contributed by atoms with Gasteiger partial charge in [0.1, 0.15) is 11.7 Å². The summed E-state index contributed by atoms with van der Waals surface area (Å²) in [6.07, 6.45) is 4.47. The van der Waals surface area contributed by atoms with E-state index >= 15 is 0 Å². The fourth-order valence-electron chi connectivity index (χ4n) is 2.96. The van der Waals surface area contributed by atoms with Gasteiger partial charge in [-0.15, -0.1) is 0 Å². The Morgan fingerprint density at radius 1 is 1.35 bits per heavy atom. The van der Waals surface area contributed by atoms with Crippen LogP contribution in [0.3, 0.4) is 0 Å². The Kier molecular flexibility index (Phi) is 2.34. The van der Waals surface area contributed by atoms with Gasteiger partial charge in [0.2, 0.25) is 5.91 Å². The predicted octanol–water partition coefficient (Wildman–Crippen LogP) is 1.43. The first kappa shape index (κ1) is 10.6. The maximum Gasteiger partial charge on any atom is 0.247 e. The van der Waals surface area contributed by atoms with Gasteiger partial charge in [-0.2, -0.15) is 5.10 Å². The number of hydrogen-bond donors (Lipinski definition) is 1. The zero-order valence-electron chi connectivity index (χ0n) is 10.4. The quantitative estimate of drug-likeness (QED) is 0.738. The van der Waals surface area contributed by atoms with Gasteiger partial charge in [-0.25, -0.2) is 0 Å². The lowest BCUT2D eigenvalue weighted by atomic mass is 10.1. The third-order valence-corrected chi connectivity index (χ3v) is 3.77. The first-order valence-electron chi connectivity index (χ1n) is 6.29. The van der Waals surface area contributed by atoms with Crippen molar-refractivity contribution in [1.82, 2.24) is 9.78 Å². The van der Waals surface area contributed by atoms with Gasteiger partial charge in [0.15, 0.2) is 5.82 Å². The minimum atomic E-state index is -0.000185. The summed E-state index contributed by atoms with van der Waals surface area (Å²) in [6.45, 7) is 2.90. The van der Waals surface area contributed by atoms with Gasteiger partial charge in [0, 0.05) is 13.6 Å². The zero-order valence-corrected chi connectivity index (χ0v) is 10.4. The lowest BCUT2D eigenvalue weighted by Crippen LogP contribution is -2.48. The van der Waals surface area contributed by atoms with Gasteiger partial charge in [0.25, 0.3) is 0 Å². The highest BCUT2D eigenvalue weighted by molar-refractivity contribution is 6.03. The summed E-state index contributed by atoms with van der Waals surface area (Å²) in [6, 6.07) is -0.000185. The van der Waals surface area contributed by atoms with E-state index in [2.05, 4.69) is 15.3 Å². The van der Waals surface area contributed by atoms with Crippen LogP contribution in [0.4, 0.5) is 11.5 Å². The van der Waals surface area contributed by atoms with Crippen LogP contribution >= 0.6 is 0 Å². The van der Waals surface area contributed by atoms with Crippen LogP contribution in [0.25, 0.3) is 0 Å². The molecule has 2 aliphatic heterocycles. The summed E-state index contributed by atoms with van der Waals surface area (Å²) in [7, 11) is 1.95. The molecule has 5 heteroatoms. The van der Waals surface area contributed by atoms with E-state index in [9.17, 15) is 4.79 Å². The van der Waals surface area contributed by atoms with E-state index in [-0.39, 0.29) is 11.9 Å². The number of carbonyl (C=O) groups excluding carboxylic acids is 1. The van der Waals surface area contributed by atoms with E-state index in [1.165, 1.54) is 6.42 Å². The molecule has 3 heterocycles. The van der Waals surface area contributed by atoms with Gasteiger partial charge in [-0.05, 0) is 19.8 Å². The van der Waals surface area contributed by atoms with Crippen LogP contribution in [-0.2, 0) is 11.8 Å². The third kappa shape index (κ3) is 1.52. The van der Waals surface area contributed by atoms with Crippen molar-refractivity contribution in [3.63, 3.8) is 0 Å². The molecule has 0 spiro atoms. The average molecular weight is 234 g/mol. The maximum absolute atomic E-state index is 12.1. The first-order chi connectivity index (χ1) is 8.18. The topological polar surface area (TPSA) is 50.2 Å². The van der Waals surface area contributed by atoms with Crippen LogP contribution < -0.4 is 10.2 Å². The number of aromatic nitrogens is 2. The van der Waals surface area contributed by atoms with Crippen molar-refractivity contribution in [2.24, 2.45) is 7.05 Å². The molecule has 1 fully saturated rings. The number of amides is 1. The number of carbonyl (C=O) groups is 1. The van der Waals surface area contributed by atoms with Gasteiger partial charge < -0.3 is 10.2 Å². The Morgan fingerprint density at radius 3 is 3.00 bits per heavy atom. The molecule has 0 aliphatic carbocycles. The highest BCUT2D eigenvalue weighted by Crippen LogP contribution is 2.36. The Hall–Kier alpha value is -1.52. The van der Waals surface area contributed by atoms with Gasteiger partial charge in [-0.1, -0.05) is 12.8 Å². The fraction of sp³-hybridized carbons (Fsp3) is 0.667. The number of aryl methyl sites for hydroxylation is 2. The summed E-state index contributed by atoms with van der Waals surface area (Å²) in [4.78, 5) is 14.4. The minimum Gasteiger partial charge on any atom is -0.343 e. The molecule has 92 valence electrons. The van der Waals surface area contributed by atoms with E-state index in [0.717, 1.165) is 43.0 Å². The smallest absolute Gasteiger partial charge is 0.247 e. The molecule has 1 N–H and O–H groups in total. The van der Waals surface area contributed by atoms with Crippen LogP contribution in [-0.4, -0.2) is 28.3 Å². The van der Waals surface area contributed by atoms with Crippen LogP contribution in [0.5, 0.6) is 0 Å². The zero-order chi connectivity index (χ0) is 12.0. The second-order valence-electron chi connectivity index (χ2n) is 4.96. The molecule has 1 aromatic heterocycles. The molecule has 0 aromatic carbocycles. The Labute approximate surface area is 101 Å². The van der Waals surface area contributed by atoms with Crippen molar-refractivity contribution in [3.05, 3.63) is 5.69 Å². The van der Waals surface area contributed by atoms with Crippen molar-refractivity contribution < 1.29 is 4.79 Å². The molecular weight excluding hydrogens is 216 g/mol. The molecule has 2 aliphatic rings. The molecule has 0 bridgehead atoms. The summed E-state index contributed by atoms with van der Waals surface area (Å²) >= 11 is 0. The van der Waals surface area contributed by atoms with Crippen LogP contribution in [0, 0.1) is 6.92 Å². The minimum absolute atomic E-state index is 0.000185. The van der Waals surface area contributed by atoms with Crippen molar-refractivity contribution >= 4 is 17.4 Å². The lowest BCUT2D eigenvalue weighted by molar-refractivity contribution is -0.117. The third-order valence-electron chi connectivity index (χ3n) is 3.77. The molecule has 5 nitrogen and oxygen atoms in total. The monoisotopic (exact) mass is 234 g/mol. The Bertz CT molecular complexity index is 465. The maximum atomic E-state index is 12.1. The van der Waals surface area contributed by atoms with Gasteiger partial charge >= 0.3 is 0 Å². The van der Waals surface area contributed by atoms with Crippen LogP contribution in [0.1, 0.15) is 31.4 Å². The largest absolute Gasteiger partial charge is 0.343 e. The molecule has 3 rings (SSSR count). The Morgan fingerprint density at radius 2 is 2.18 bits per heavy atom. The summed E-state index contributed by atoms with van der Waals surface area (Å²) < 4.78 is 1.89. The van der Waals surface area contributed by atoms with Crippen molar-refractivity contribution in [3.8, 4) is 0 Å². The van der Waals surface area contributed by atoms with E-state index in [0.29, 0.717) is 0 Å². The summed E-state index contributed by atoms with van der Waals surface area (Å²) in [5, 5.41) is 7.42. The number of fused-ring (bicyclic) bond motifs is 3. The number of nitrogens with zero attached hydrogens (tertiary/aromatic N) is 3. The molecule has 0 radical (unpaired) electrons. The average Bonchev–Trinajstić information content (AvgIpc) is 2.52. The number of anilines is 2. The standard InChI is InChI=1S/C12H18N4O/c1-8-10-12(15(2)14-8)16-7-5-3-4-6-9(16)11(17)13-10/h9H,3-7H2,1-2H3,(H,13,17). The molecule has 1 atom stereocenters. The number of hydrogen-bond acceptors (Lipinski definition) is 3. The van der Waals surface area contributed by atoms with E-state index in [4.69, 9.17) is 0 Å². The van der Waals surface area contributed by atoms with E-state index < -0.39 is 0 Å². The van der Waals surface area contributed by atoms with E-state index in [1.807, 2.05) is 18.7 Å². The fourth-order valence-corrected chi connectivity index (χ4v) is 2.96. The highest BCUT2D eigenvalue weighted by atomic mass is 16.2. The molecule has 1 aromatic rings. The van der Waals surface area contributed by atoms with Gasteiger partial charge in [0.05, 0.1) is 5.69 Å². The predicted molar refractivity (Wildman–Crippen MR) is 66.2 cm³/mol. The number of rotatable bonds is 0. The summed E-state index contributed by atoms with van der Waals surface area (Å²) in [5.41, 5.74) is 1.80. The molecule has 1 saturated heterocycles. The van der Waals surface area contributed by atoms with Crippen LogP contribution in [0.2, 0.25) is 0 Å². The lowest BCUT2D eigenvalue weighted by Gasteiger charge is -2.35. The molecular formula is C12H18N4O. The highest BCUT2D eigenvalue weighted by Gasteiger charge is 2.36. The first-order valence-corrected chi connectivity index (χ1v) is 6.29. The summed E-state index contributed by atoms with van der Waals surface area (Å²) in [5.74, 6) is 1.21. The van der Waals surface area contributed by atoms with Crippen LogP contribution in [0.15, 0.2) is 0 Å². The molecule has 17 heavy (non-hydrogen) atoms. The molecule has 1 amide bonds. The Balaban J connectivity index is 2.09. The van der Waals surface area contributed by atoms with E-state index in [1.54, 1.807) is 0 Å². The second kappa shape index (κ2) is 3.75. The second-order valence-corrected chi connectivity index (χ2v) is 4.96.